The molecule has 0 heterocycles. The second kappa shape index (κ2) is 4510. The van der Waals surface area contributed by atoms with Crippen LogP contribution in [0.3, 0.4) is 0 Å². The Hall–Kier alpha value is 3.62. The van der Waals surface area contributed by atoms with Crippen LogP contribution in [-0.2, 0) is 279 Å². The summed E-state index contributed by atoms with van der Waals surface area (Å²) in [6, 6.07) is 0. The van der Waals surface area contributed by atoms with E-state index in [4.69, 9.17) is 0 Å². The van der Waals surface area contributed by atoms with Crippen molar-refractivity contribution in [3.8, 4) is 0 Å². The summed E-state index contributed by atoms with van der Waals surface area (Å²) in [6.07, 6.45) is 0. The van der Waals surface area contributed by atoms with E-state index in [9.17, 15) is 0 Å². The van der Waals surface area contributed by atoms with E-state index in [2.05, 4.69) is 0 Å². The Labute approximate surface area is 312 Å². The summed E-state index contributed by atoms with van der Waals surface area (Å²) >= 11 is 0. The van der Waals surface area contributed by atoms with Crippen molar-refractivity contribution in [1.29, 1.82) is 0 Å². The third-order valence-corrected chi connectivity index (χ3v) is 0. The van der Waals surface area contributed by atoms with Gasteiger partial charge in [-0.1, -0.05) is 0 Å². The zero-order valence-corrected chi connectivity index (χ0v) is 32.7. The topological polar surface area (TPSA) is 903 Å². The molecule has 0 spiro atoms. The molecular weight excluding hydrogens is 1140 g/mol. The predicted octanol–water partition coefficient (Wildman–Crippen LogP) is -0.612. The maximum atomic E-state index is 0. The Morgan fingerprint density at radius 2 is 0.0811 bits per heavy atom. The van der Waals surface area contributed by atoms with Crippen LogP contribution in [0.2, 0.25) is 0 Å². The van der Waals surface area contributed by atoms with Crippen molar-refractivity contribution >= 4 is 0 Å². The standard InChI is InChI=1S/7Mo.6H3N.24O/h;;;;;;;6*1H3;;;;;;;;;;;;;;;;;;;;;;;;/q;;;;;;;;;;;;;24*-2/p+6. The van der Waals surface area contributed by atoms with Crippen molar-refractivity contribution in [1.82, 2.24) is 36.9 Å². The molecule has 0 rings (SSSR count). The first-order valence-corrected chi connectivity index (χ1v) is 0. The first-order chi connectivity index (χ1) is 0. The van der Waals surface area contributed by atoms with Gasteiger partial charge in [-0.3, -0.25) is 0 Å². The van der Waals surface area contributed by atoms with Crippen LogP contribution in [0.15, 0.2) is 0 Å². The van der Waals surface area contributed by atoms with Crippen LogP contribution in [0.25, 0.3) is 0 Å². The fraction of sp³-hybridized carbons (Fsp3) is 0. The minimum Gasteiger partial charge on any atom is -2.00 e. The molecule has 0 amide bonds. The zero-order valence-electron chi connectivity index (χ0n) is 18.7. The largest absolute Gasteiger partial charge is 2.00 e. The zero-order chi connectivity index (χ0) is 0. The van der Waals surface area contributed by atoms with E-state index < -0.39 is 0 Å². The Balaban J connectivity index is 0. The molecule has 0 aromatic rings. The average Bonchev–Trinajstić information content (AvgIpc) is 0. The molecule has 0 radical (unpaired) electrons. The molecule has 0 aliphatic rings. The van der Waals surface area contributed by atoms with Crippen LogP contribution in [-0.4, -0.2) is 0 Å². The van der Waals surface area contributed by atoms with Gasteiger partial charge in [0.2, 0.25) is 0 Å². The van der Waals surface area contributed by atoms with Gasteiger partial charge in [-0.2, -0.15) is 0 Å². The molecule has 37 heavy (non-hydrogen) atoms. The molecule has 0 saturated carbocycles. The van der Waals surface area contributed by atoms with Gasteiger partial charge in [-0.15, -0.1) is 0 Å². The van der Waals surface area contributed by atoms with Crippen LogP contribution < -0.4 is 36.9 Å². The Morgan fingerprint density at radius 1 is 0.0811 bits per heavy atom. The van der Waals surface area contributed by atoms with E-state index >= 15 is 0 Å². The third-order valence-electron chi connectivity index (χ3n) is 0. The average molecular weight is 1160 g/mol. The summed E-state index contributed by atoms with van der Waals surface area (Å²) in [5.74, 6) is 0. The summed E-state index contributed by atoms with van der Waals surface area (Å²) in [5.41, 5.74) is 0. The molecule has 0 fully saturated rings. The SMILES string of the molecule is [Mo].[Mo].[Mo].[Mo].[Mo].[Mo].[Mo].[NH4+].[NH4+].[NH4+].[NH4+].[NH4+].[NH4+].[O-2].[O-2].[O-2].[O-2].[O-2].[O-2].[O-2].[O-2].[O-2].[O-2].[O-2].[O-2].[O-2].[O-2].[O-2].[O-2].[O-2].[O-2].[O-2].[O-2].[O-2].[O-2].[O-2].[O-2]. The molecule has 0 bridgehead atoms. The maximum Gasteiger partial charge on any atom is 0 e. The summed E-state index contributed by atoms with van der Waals surface area (Å²) in [6.45, 7) is 0. The van der Waals surface area contributed by atoms with E-state index in [1.54, 1.807) is 0 Å². The van der Waals surface area contributed by atoms with Crippen molar-refractivity contribution in [2.45, 2.75) is 0 Å². The molecule has 37 heteroatoms. The van der Waals surface area contributed by atoms with Crippen molar-refractivity contribution in [2.24, 2.45) is 0 Å². The van der Waals surface area contributed by atoms with Crippen LogP contribution in [0.1, 0.15) is 0 Å². The van der Waals surface area contributed by atoms with Crippen molar-refractivity contribution < 1.29 is 279 Å². The molecule has 30 nitrogen and oxygen atoms in total. The van der Waals surface area contributed by atoms with E-state index in [1.807, 2.05) is 0 Å². The van der Waals surface area contributed by atoms with Crippen LogP contribution in [0.5, 0.6) is 0 Å². The molecule has 0 aromatic carbocycles. The first-order valence-electron chi connectivity index (χ1n) is 0. The van der Waals surface area contributed by atoms with E-state index in [0.717, 1.165) is 0 Å². The van der Waals surface area contributed by atoms with Gasteiger partial charge in [0.1, 0.15) is 0 Å². The summed E-state index contributed by atoms with van der Waals surface area (Å²) in [7, 11) is 0. The number of hydrogen-bond acceptors (Lipinski definition) is 0. The van der Waals surface area contributed by atoms with Crippen molar-refractivity contribution in [3.63, 3.8) is 0 Å². The van der Waals surface area contributed by atoms with Gasteiger partial charge in [-0.25, -0.2) is 0 Å². The van der Waals surface area contributed by atoms with Crippen molar-refractivity contribution in [3.05, 3.63) is 0 Å². The van der Waals surface area contributed by atoms with Gasteiger partial charge < -0.3 is 168 Å². The molecule has 0 aromatic heterocycles. The van der Waals surface area contributed by atoms with Gasteiger partial charge >= 0.3 is 0 Å². The normalized spacial score (nSPS) is 0. The fourth-order valence-electron chi connectivity index (χ4n) is 0. The molecular formula is H24Mo7N6O24-42. The molecule has 0 unspecified atom stereocenters. The third kappa shape index (κ3) is 4280. The van der Waals surface area contributed by atoms with Gasteiger partial charge in [0, 0.05) is 147 Å². The molecule has 0 atom stereocenters. The smallest absolute Gasteiger partial charge is 0 e. The second-order valence-corrected chi connectivity index (χ2v) is 0. The van der Waals surface area contributed by atoms with Gasteiger partial charge in [0.15, 0.2) is 0 Å². The van der Waals surface area contributed by atoms with Gasteiger partial charge in [-0.05, 0) is 0 Å². The molecule has 0 saturated heterocycles. The minimum absolute atomic E-state index is 0. The number of quaternary nitrogens is 6. The van der Waals surface area contributed by atoms with Crippen molar-refractivity contribution in [2.75, 3.05) is 0 Å². The molecule has 0 aliphatic carbocycles. The van der Waals surface area contributed by atoms with Crippen LogP contribution >= 0.6 is 0 Å². The number of rotatable bonds is 0. The fourth-order valence-corrected chi connectivity index (χ4v) is 0. The summed E-state index contributed by atoms with van der Waals surface area (Å²) in [5, 5.41) is 0. The Kier molecular flexibility index (Phi) is 594000. The summed E-state index contributed by atoms with van der Waals surface area (Å²) < 4.78 is 0. The van der Waals surface area contributed by atoms with E-state index in [1.165, 1.54) is 0 Å². The quantitative estimate of drug-likeness (QED) is 0.166. The Bertz CT molecular complexity index is 47.5. The summed E-state index contributed by atoms with van der Waals surface area (Å²) in [4.78, 5) is 0. The monoisotopic (exact) mass is 1180 g/mol. The first kappa shape index (κ1) is 4870. The van der Waals surface area contributed by atoms with Gasteiger partial charge in [0.05, 0.1) is 0 Å². The predicted molar refractivity (Wildman–Crippen MR) is 52.4 cm³/mol. The molecule has 282 valence electrons. The van der Waals surface area contributed by atoms with Crippen LogP contribution in [0.4, 0.5) is 0 Å². The minimum atomic E-state index is 0. The molecule has 0 aliphatic heterocycles. The number of hydrogen-bond donors (Lipinski definition) is 6. The molecule has 24 N–H and O–H groups in total. The van der Waals surface area contributed by atoms with E-state index in [-0.39, 0.29) is 316 Å². The van der Waals surface area contributed by atoms with E-state index in [0.29, 0.717) is 0 Å². The van der Waals surface area contributed by atoms with Crippen LogP contribution in [0, 0.1) is 0 Å². The van der Waals surface area contributed by atoms with Gasteiger partial charge in [0.25, 0.3) is 0 Å². The second-order valence-electron chi connectivity index (χ2n) is 0. The maximum absolute atomic E-state index is 0. The Morgan fingerprint density at radius 3 is 0.0811 bits per heavy atom.